The molecular formula is C13H19NO4S. The largest absolute Gasteiger partial charge is 0.462 e. The fourth-order valence-electron chi connectivity index (χ4n) is 1.28. The Hall–Kier alpha value is -1.43. The highest BCUT2D eigenvalue weighted by Gasteiger charge is 2.26. The number of esters is 2. The third kappa shape index (κ3) is 4.63. The molecule has 19 heavy (non-hydrogen) atoms. The molecule has 1 heterocycles. The molecule has 0 aromatic carbocycles. The molecule has 0 aliphatic rings. The van der Waals surface area contributed by atoms with E-state index in [0.29, 0.717) is 16.5 Å². The van der Waals surface area contributed by atoms with E-state index in [2.05, 4.69) is 4.98 Å². The van der Waals surface area contributed by atoms with Gasteiger partial charge < -0.3 is 9.47 Å². The van der Waals surface area contributed by atoms with Crippen LogP contribution >= 0.6 is 11.3 Å². The van der Waals surface area contributed by atoms with Crippen LogP contribution in [0.25, 0.3) is 0 Å². The Morgan fingerprint density at radius 3 is 2.58 bits per heavy atom. The maximum absolute atomic E-state index is 11.9. The van der Waals surface area contributed by atoms with Crippen molar-refractivity contribution >= 4 is 23.3 Å². The molecule has 0 N–H and O–H groups in total. The third-order valence-electron chi connectivity index (χ3n) is 2.13. The molecule has 0 radical (unpaired) electrons. The van der Waals surface area contributed by atoms with Crippen LogP contribution in [0.2, 0.25) is 0 Å². The van der Waals surface area contributed by atoms with Gasteiger partial charge in [0.1, 0.15) is 21.4 Å². The van der Waals surface area contributed by atoms with Gasteiger partial charge in [-0.05, 0) is 34.6 Å². The van der Waals surface area contributed by atoms with Crippen molar-refractivity contribution in [2.24, 2.45) is 0 Å². The van der Waals surface area contributed by atoms with E-state index < -0.39 is 17.5 Å². The topological polar surface area (TPSA) is 65.5 Å². The first-order valence-electron chi connectivity index (χ1n) is 6.10. The third-order valence-corrected chi connectivity index (χ3v) is 3.29. The molecule has 0 spiro atoms. The lowest BCUT2D eigenvalue weighted by Gasteiger charge is -2.21. The lowest BCUT2D eigenvalue weighted by Crippen LogP contribution is -2.26. The summed E-state index contributed by atoms with van der Waals surface area (Å²) in [5.74, 6) is -1.26. The Morgan fingerprint density at radius 1 is 1.42 bits per heavy atom. The Bertz CT molecular complexity index is 461. The minimum Gasteiger partial charge on any atom is -0.462 e. The van der Waals surface area contributed by atoms with Gasteiger partial charge in [0, 0.05) is 0 Å². The highest BCUT2D eigenvalue weighted by Crippen LogP contribution is 2.25. The number of nitrogens with zero attached hydrogens (tertiary/aromatic N) is 1. The van der Waals surface area contributed by atoms with E-state index in [0.717, 1.165) is 11.3 Å². The molecule has 5 nitrogen and oxygen atoms in total. The van der Waals surface area contributed by atoms with Gasteiger partial charge in [0.25, 0.3) is 0 Å². The SMILES string of the molecule is CCOC(=O)c1cnc([C@@H](C)C(=O)OC(C)(C)C)s1. The number of aromatic nitrogens is 1. The number of carbonyl (C=O) groups is 2. The summed E-state index contributed by atoms with van der Waals surface area (Å²) in [6, 6.07) is 0. The van der Waals surface area contributed by atoms with Crippen molar-refractivity contribution in [2.75, 3.05) is 6.61 Å². The van der Waals surface area contributed by atoms with Crippen molar-refractivity contribution in [3.8, 4) is 0 Å². The minimum absolute atomic E-state index is 0.313. The number of thiazole rings is 1. The first-order chi connectivity index (χ1) is 8.74. The van der Waals surface area contributed by atoms with Crippen LogP contribution in [-0.2, 0) is 14.3 Å². The smallest absolute Gasteiger partial charge is 0.349 e. The Balaban J connectivity index is 2.76. The average molecular weight is 285 g/mol. The quantitative estimate of drug-likeness (QED) is 0.796. The molecule has 0 aliphatic carbocycles. The highest BCUT2D eigenvalue weighted by atomic mass is 32.1. The summed E-state index contributed by atoms with van der Waals surface area (Å²) in [5.41, 5.74) is -0.535. The highest BCUT2D eigenvalue weighted by molar-refractivity contribution is 7.13. The molecule has 0 unspecified atom stereocenters. The van der Waals surface area contributed by atoms with E-state index in [9.17, 15) is 9.59 Å². The molecule has 0 saturated heterocycles. The van der Waals surface area contributed by atoms with Crippen LogP contribution in [0.3, 0.4) is 0 Å². The lowest BCUT2D eigenvalue weighted by molar-refractivity contribution is -0.156. The first-order valence-corrected chi connectivity index (χ1v) is 6.92. The summed E-state index contributed by atoms with van der Waals surface area (Å²) >= 11 is 1.16. The van der Waals surface area contributed by atoms with Gasteiger partial charge in [-0.25, -0.2) is 9.78 Å². The zero-order valence-corrected chi connectivity index (χ0v) is 12.7. The summed E-state index contributed by atoms with van der Waals surface area (Å²) in [7, 11) is 0. The maximum atomic E-state index is 11.9. The molecular weight excluding hydrogens is 266 g/mol. The van der Waals surface area contributed by atoms with Gasteiger partial charge in [0.2, 0.25) is 0 Å². The fraction of sp³-hybridized carbons (Fsp3) is 0.615. The number of ether oxygens (including phenoxy) is 2. The van der Waals surface area contributed by atoms with Crippen molar-refractivity contribution in [3.63, 3.8) is 0 Å². The molecule has 0 fully saturated rings. The molecule has 6 heteroatoms. The molecule has 1 aromatic heterocycles. The zero-order valence-electron chi connectivity index (χ0n) is 11.9. The van der Waals surface area contributed by atoms with Gasteiger partial charge in [-0.3, -0.25) is 4.79 Å². The number of hydrogen-bond acceptors (Lipinski definition) is 6. The van der Waals surface area contributed by atoms with Gasteiger partial charge in [-0.1, -0.05) is 0 Å². The van der Waals surface area contributed by atoms with Crippen LogP contribution < -0.4 is 0 Å². The zero-order chi connectivity index (χ0) is 14.6. The summed E-state index contributed by atoms with van der Waals surface area (Å²) in [6.45, 7) is 9.19. The van der Waals surface area contributed by atoms with Crippen molar-refractivity contribution in [2.45, 2.75) is 46.1 Å². The minimum atomic E-state index is -0.535. The second-order valence-electron chi connectivity index (χ2n) is 5.04. The number of carbonyl (C=O) groups excluding carboxylic acids is 2. The summed E-state index contributed by atoms with van der Waals surface area (Å²) in [5, 5.41) is 0.553. The predicted octanol–water partition coefficient (Wildman–Crippen LogP) is 2.77. The number of rotatable bonds is 4. The molecule has 106 valence electrons. The predicted molar refractivity (Wildman–Crippen MR) is 72.3 cm³/mol. The second-order valence-corrected chi connectivity index (χ2v) is 6.10. The molecule has 1 atom stereocenters. The lowest BCUT2D eigenvalue weighted by atomic mass is 10.1. The van der Waals surface area contributed by atoms with Gasteiger partial charge in [0.05, 0.1) is 12.8 Å². The Morgan fingerprint density at radius 2 is 2.05 bits per heavy atom. The van der Waals surface area contributed by atoms with Gasteiger partial charge in [0.15, 0.2) is 0 Å². The van der Waals surface area contributed by atoms with Gasteiger partial charge in [-0.15, -0.1) is 11.3 Å². The van der Waals surface area contributed by atoms with Crippen molar-refractivity contribution in [1.29, 1.82) is 0 Å². The van der Waals surface area contributed by atoms with E-state index in [4.69, 9.17) is 9.47 Å². The van der Waals surface area contributed by atoms with Crippen molar-refractivity contribution < 1.29 is 19.1 Å². The van der Waals surface area contributed by atoms with Crippen LogP contribution in [0.4, 0.5) is 0 Å². The van der Waals surface area contributed by atoms with Gasteiger partial charge in [-0.2, -0.15) is 0 Å². The Labute approximate surface area is 116 Å². The molecule has 1 aromatic rings. The molecule has 0 bridgehead atoms. The van der Waals surface area contributed by atoms with Gasteiger partial charge >= 0.3 is 11.9 Å². The van der Waals surface area contributed by atoms with Crippen LogP contribution in [0.15, 0.2) is 6.20 Å². The van der Waals surface area contributed by atoms with Crippen LogP contribution in [0, 0.1) is 0 Å². The van der Waals surface area contributed by atoms with Crippen LogP contribution in [0.1, 0.15) is 55.2 Å². The van der Waals surface area contributed by atoms with Crippen LogP contribution in [0.5, 0.6) is 0 Å². The molecule has 1 rings (SSSR count). The molecule has 0 aliphatic heterocycles. The monoisotopic (exact) mass is 285 g/mol. The fourth-order valence-corrected chi connectivity index (χ4v) is 2.13. The molecule has 0 saturated carbocycles. The van der Waals surface area contributed by atoms with E-state index in [-0.39, 0.29) is 5.97 Å². The number of hydrogen-bond donors (Lipinski definition) is 0. The van der Waals surface area contributed by atoms with E-state index in [1.54, 1.807) is 13.8 Å². The summed E-state index contributed by atoms with van der Waals surface area (Å²) < 4.78 is 10.2. The molecule has 0 amide bonds. The standard InChI is InChI=1S/C13H19NO4S/c1-6-17-12(16)9-7-14-10(19-9)8(2)11(15)18-13(3,4)5/h7-8H,6H2,1-5H3/t8-/m1/s1. The normalized spacial score (nSPS) is 12.9. The van der Waals surface area contributed by atoms with Crippen molar-refractivity contribution in [3.05, 3.63) is 16.1 Å². The Kier molecular flexibility index (Phi) is 5.05. The average Bonchev–Trinajstić information content (AvgIpc) is 2.75. The maximum Gasteiger partial charge on any atom is 0.349 e. The van der Waals surface area contributed by atoms with Crippen molar-refractivity contribution in [1.82, 2.24) is 4.98 Å². The van der Waals surface area contributed by atoms with E-state index >= 15 is 0 Å². The van der Waals surface area contributed by atoms with E-state index in [1.807, 2.05) is 20.8 Å². The summed E-state index contributed by atoms with van der Waals surface area (Å²) in [4.78, 5) is 27.9. The first kappa shape index (κ1) is 15.6. The summed E-state index contributed by atoms with van der Waals surface area (Å²) in [6.07, 6.45) is 1.43. The second kappa shape index (κ2) is 6.14. The van der Waals surface area contributed by atoms with Crippen LogP contribution in [-0.4, -0.2) is 29.1 Å². The van der Waals surface area contributed by atoms with E-state index in [1.165, 1.54) is 6.20 Å².